The Labute approximate surface area is 92.3 Å². The molecule has 0 amide bonds. The van der Waals surface area contributed by atoms with Crippen LogP contribution in [0.5, 0.6) is 0 Å². The van der Waals surface area contributed by atoms with Crippen molar-refractivity contribution in [1.29, 1.82) is 0 Å². The van der Waals surface area contributed by atoms with Crippen LogP contribution in [0.1, 0.15) is 20.8 Å². The van der Waals surface area contributed by atoms with E-state index in [4.69, 9.17) is 9.47 Å². The molecule has 1 atom stereocenters. The highest BCUT2D eigenvalue weighted by atomic mass is 16.5. The van der Waals surface area contributed by atoms with E-state index in [2.05, 4.69) is 12.2 Å². The van der Waals surface area contributed by atoms with Gasteiger partial charge in [0.2, 0.25) is 0 Å². The minimum Gasteiger partial charge on any atom is -0.469 e. The van der Waals surface area contributed by atoms with Crippen molar-refractivity contribution in [2.24, 2.45) is 11.3 Å². The number of carbonyl (C=O) groups is 1. The van der Waals surface area contributed by atoms with Gasteiger partial charge in [-0.25, -0.2) is 0 Å². The number of ether oxygens (including phenoxy) is 2. The van der Waals surface area contributed by atoms with Crippen molar-refractivity contribution in [1.82, 2.24) is 5.32 Å². The fraction of sp³-hybridized carbons (Fsp3) is 0.909. The van der Waals surface area contributed by atoms with Gasteiger partial charge < -0.3 is 14.8 Å². The highest BCUT2D eigenvalue weighted by molar-refractivity contribution is 5.76. The van der Waals surface area contributed by atoms with Crippen molar-refractivity contribution in [3.63, 3.8) is 0 Å². The van der Waals surface area contributed by atoms with E-state index >= 15 is 0 Å². The van der Waals surface area contributed by atoms with E-state index in [1.807, 2.05) is 13.8 Å². The Morgan fingerprint density at radius 3 is 2.47 bits per heavy atom. The average molecular weight is 217 g/mol. The van der Waals surface area contributed by atoms with Gasteiger partial charge in [-0.1, -0.05) is 6.92 Å². The van der Waals surface area contributed by atoms with E-state index in [1.165, 1.54) is 7.11 Å². The zero-order valence-corrected chi connectivity index (χ0v) is 10.4. The first-order valence-corrected chi connectivity index (χ1v) is 5.22. The van der Waals surface area contributed by atoms with Crippen LogP contribution in [0.25, 0.3) is 0 Å². The summed E-state index contributed by atoms with van der Waals surface area (Å²) < 4.78 is 9.74. The first-order chi connectivity index (χ1) is 6.94. The maximum absolute atomic E-state index is 11.3. The number of methoxy groups -OCH3 is 2. The molecule has 0 aliphatic rings. The average Bonchev–Trinajstić information content (AvgIpc) is 2.16. The van der Waals surface area contributed by atoms with Crippen LogP contribution >= 0.6 is 0 Å². The quantitative estimate of drug-likeness (QED) is 0.648. The summed E-state index contributed by atoms with van der Waals surface area (Å²) in [6, 6.07) is 0. The molecule has 0 aromatic rings. The fourth-order valence-corrected chi connectivity index (χ4v) is 1.32. The van der Waals surface area contributed by atoms with E-state index < -0.39 is 5.41 Å². The Hall–Kier alpha value is -0.610. The molecular weight excluding hydrogens is 194 g/mol. The van der Waals surface area contributed by atoms with Crippen LogP contribution in [0.2, 0.25) is 0 Å². The van der Waals surface area contributed by atoms with Crippen LogP contribution in [0, 0.1) is 11.3 Å². The lowest BCUT2D eigenvalue weighted by Crippen LogP contribution is -2.38. The third kappa shape index (κ3) is 5.74. The Morgan fingerprint density at radius 1 is 1.40 bits per heavy atom. The molecule has 0 aliphatic carbocycles. The molecule has 15 heavy (non-hydrogen) atoms. The van der Waals surface area contributed by atoms with E-state index in [-0.39, 0.29) is 5.97 Å². The maximum Gasteiger partial charge on any atom is 0.312 e. The second-order valence-corrected chi connectivity index (χ2v) is 4.57. The molecule has 0 aliphatic heterocycles. The molecule has 0 aromatic carbocycles. The molecule has 0 heterocycles. The largest absolute Gasteiger partial charge is 0.469 e. The molecule has 0 bridgehead atoms. The monoisotopic (exact) mass is 217 g/mol. The third-order valence-corrected chi connectivity index (χ3v) is 2.25. The van der Waals surface area contributed by atoms with Gasteiger partial charge in [0.25, 0.3) is 0 Å². The van der Waals surface area contributed by atoms with Gasteiger partial charge in [0, 0.05) is 20.3 Å². The van der Waals surface area contributed by atoms with Crippen molar-refractivity contribution < 1.29 is 14.3 Å². The number of hydrogen-bond acceptors (Lipinski definition) is 4. The molecule has 0 aromatic heterocycles. The Morgan fingerprint density at radius 2 is 2.00 bits per heavy atom. The van der Waals surface area contributed by atoms with Crippen molar-refractivity contribution in [2.45, 2.75) is 20.8 Å². The molecular formula is C11H23NO3. The summed E-state index contributed by atoms with van der Waals surface area (Å²) >= 11 is 0. The highest BCUT2D eigenvalue weighted by Gasteiger charge is 2.28. The molecule has 0 rings (SSSR count). The lowest BCUT2D eigenvalue weighted by atomic mass is 9.93. The van der Waals surface area contributed by atoms with Crippen LogP contribution < -0.4 is 5.32 Å². The van der Waals surface area contributed by atoms with Crippen molar-refractivity contribution in [2.75, 3.05) is 33.9 Å². The minimum absolute atomic E-state index is 0.186. The molecule has 4 nitrogen and oxygen atoms in total. The summed E-state index contributed by atoms with van der Waals surface area (Å²) in [5.74, 6) is 0.262. The number of carbonyl (C=O) groups excluding carboxylic acids is 1. The lowest BCUT2D eigenvalue weighted by Gasteiger charge is -2.22. The topological polar surface area (TPSA) is 47.6 Å². The number of nitrogens with one attached hydrogen (secondary N) is 1. The van der Waals surface area contributed by atoms with Crippen LogP contribution in [0.4, 0.5) is 0 Å². The van der Waals surface area contributed by atoms with Gasteiger partial charge in [0.05, 0.1) is 12.5 Å². The molecule has 0 saturated heterocycles. The smallest absolute Gasteiger partial charge is 0.312 e. The van der Waals surface area contributed by atoms with E-state index in [0.717, 1.165) is 13.2 Å². The summed E-state index contributed by atoms with van der Waals surface area (Å²) in [7, 11) is 3.10. The second kappa shape index (κ2) is 6.80. The van der Waals surface area contributed by atoms with E-state index in [9.17, 15) is 4.79 Å². The van der Waals surface area contributed by atoms with Crippen molar-refractivity contribution in [3.8, 4) is 0 Å². The van der Waals surface area contributed by atoms with Gasteiger partial charge in [-0.05, 0) is 26.3 Å². The maximum atomic E-state index is 11.3. The van der Waals surface area contributed by atoms with Gasteiger partial charge >= 0.3 is 5.97 Å². The standard InChI is InChI=1S/C11H23NO3/c1-9(7-14-4)6-12-8-11(2,3)10(13)15-5/h9,12H,6-8H2,1-5H3. The van der Waals surface area contributed by atoms with Crippen LogP contribution in [0.15, 0.2) is 0 Å². The zero-order chi connectivity index (χ0) is 11.9. The van der Waals surface area contributed by atoms with E-state index in [0.29, 0.717) is 12.5 Å². The molecule has 0 fully saturated rings. The molecule has 1 unspecified atom stereocenters. The summed E-state index contributed by atoms with van der Waals surface area (Å²) in [5, 5.41) is 3.24. The number of esters is 1. The second-order valence-electron chi connectivity index (χ2n) is 4.57. The van der Waals surface area contributed by atoms with Crippen LogP contribution in [0.3, 0.4) is 0 Å². The van der Waals surface area contributed by atoms with Gasteiger partial charge in [0.1, 0.15) is 0 Å². The number of rotatable bonds is 7. The Balaban J connectivity index is 3.79. The summed E-state index contributed by atoms with van der Waals surface area (Å²) in [6.45, 7) is 8.02. The van der Waals surface area contributed by atoms with E-state index in [1.54, 1.807) is 7.11 Å². The number of hydrogen-bond donors (Lipinski definition) is 1. The van der Waals surface area contributed by atoms with Crippen molar-refractivity contribution in [3.05, 3.63) is 0 Å². The summed E-state index contributed by atoms with van der Waals surface area (Å²) in [4.78, 5) is 11.3. The van der Waals surface area contributed by atoms with Gasteiger partial charge in [0.15, 0.2) is 0 Å². The normalized spacial score (nSPS) is 13.7. The first kappa shape index (κ1) is 14.4. The highest BCUT2D eigenvalue weighted by Crippen LogP contribution is 2.15. The van der Waals surface area contributed by atoms with Gasteiger partial charge in [-0.2, -0.15) is 0 Å². The minimum atomic E-state index is -0.471. The lowest BCUT2D eigenvalue weighted by molar-refractivity contribution is -0.150. The SMILES string of the molecule is COCC(C)CNCC(C)(C)C(=O)OC. The predicted molar refractivity (Wildman–Crippen MR) is 59.7 cm³/mol. The van der Waals surface area contributed by atoms with Crippen LogP contribution in [-0.2, 0) is 14.3 Å². The fourth-order valence-electron chi connectivity index (χ4n) is 1.32. The summed E-state index contributed by atoms with van der Waals surface area (Å²) in [6.07, 6.45) is 0. The molecule has 0 spiro atoms. The molecule has 4 heteroatoms. The first-order valence-electron chi connectivity index (χ1n) is 5.22. The predicted octanol–water partition coefficient (Wildman–Crippen LogP) is 1.06. The molecule has 0 saturated carbocycles. The van der Waals surface area contributed by atoms with Gasteiger partial charge in [-0.15, -0.1) is 0 Å². The van der Waals surface area contributed by atoms with Crippen LogP contribution in [-0.4, -0.2) is 39.9 Å². The third-order valence-electron chi connectivity index (χ3n) is 2.25. The molecule has 90 valence electrons. The molecule has 0 radical (unpaired) electrons. The van der Waals surface area contributed by atoms with Crippen molar-refractivity contribution >= 4 is 5.97 Å². The Bertz CT molecular complexity index is 192. The zero-order valence-electron chi connectivity index (χ0n) is 10.4. The Kier molecular flexibility index (Phi) is 6.52. The summed E-state index contributed by atoms with van der Waals surface area (Å²) in [5.41, 5.74) is -0.471. The molecule has 1 N–H and O–H groups in total. The van der Waals surface area contributed by atoms with Gasteiger partial charge in [-0.3, -0.25) is 4.79 Å².